The highest BCUT2D eigenvalue weighted by Gasteiger charge is 2.48. The smallest absolute Gasteiger partial charge is 0.157 e. The highest BCUT2D eigenvalue weighted by Crippen LogP contribution is 2.67. The van der Waals surface area contributed by atoms with Crippen molar-refractivity contribution < 1.29 is 18.6 Å². The van der Waals surface area contributed by atoms with Gasteiger partial charge in [0, 0.05) is 10.6 Å². The van der Waals surface area contributed by atoms with E-state index in [1.807, 2.05) is 104 Å². The molecule has 0 aliphatic rings. The second kappa shape index (κ2) is 10.1. The van der Waals surface area contributed by atoms with Crippen LogP contribution < -0.4 is 30.7 Å². The van der Waals surface area contributed by atoms with Gasteiger partial charge in [-0.2, -0.15) is 0 Å². The van der Waals surface area contributed by atoms with Crippen molar-refractivity contribution >= 4 is 35.5 Å². The first-order valence-electron chi connectivity index (χ1n) is 11.1. The Morgan fingerprint density at radius 3 is 1.21 bits per heavy atom. The van der Waals surface area contributed by atoms with Crippen LogP contribution in [0.15, 0.2) is 109 Å². The van der Waals surface area contributed by atoms with Crippen LogP contribution in [-0.2, 0) is 9.13 Å². The molecule has 0 aromatic heterocycles. The second-order valence-corrected chi connectivity index (χ2v) is 14.5. The summed E-state index contributed by atoms with van der Waals surface area (Å²) in [4.78, 5) is 0. The van der Waals surface area contributed by atoms with Crippen LogP contribution in [0.2, 0.25) is 0 Å². The van der Waals surface area contributed by atoms with Crippen LogP contribution in [0.3, 0.4) is 0 Å². The van der Waals surface area contributed by atoms with E-state index in [0.29, 0.717) is 32.7 Å². The number of hydrogen-bond donors (Lipinski definition) is 0. The lowest BCUT2D eigenvalue weighted by atomic mass is 10.3. The maximum absolute atomic E-state index is 15.4. The summed E-state index contributed by atoms with van der Waals surface area (Å²) < 4.78 is 42.1. The maximum atomic E-state index is 15.4. The van der Waals surface area contributed by atoms with Gasteiger partial charge >= 0.3 is 0 Å². The van der Waals surface area contributed by atoms with Crippen molar-refractivity contribution in [3.05, 3.63) is 109 Å². The molecule has 6 heteroatoms. The van der Waals surface area contributed by atoms with Gasteiger partial charge < -0.3 is 18.6 Å². The standard InChI is InChI=1S/C28H28O4P2/c1-22(33(29,23-14-6-4-7-15-23)27-20-12-10-18-25(27)31-2)34(30,24-16-8-5-9-17-24)28-21-13-11-19-26(28)32-3/h4-22H,1-3H3. The normalized spacial score (nSPS) is 15.5. The van der Waals surface area contributed by atoms with E-state index in [-0.39, 0.29) is 0 Å². The van der Waals surface area contributed by atoms with E-state index in [1.165, 1.54) is 0 Å². The van der Waals surface area contributed by atoms with Crippen LogP contribution in [0.4, 0.5) is 0 Å². The minimum absolute atomic E-state index is 0.515. The van der Waals surface area contributed by atoms with Gasteiger partial charge in [0.1, 0.15) is 11.5 Å². The molecule has 4 rings (SSSR count). The van der Waals surface area contributed by atoms with Gasteiger partial charge in [0.2, 0.25) is 0 Å². The van der Waals surface area contributed by atoms with Crippen molar-refractivity contribution in [3.63, 3.8) is 0 Å². The zero-order valence-electron chi connectivity index (χ0n) is 19.5. The Balaban J connectivity index is 2.08. The van der Waals surface area contributed by atoms with Crippen LogP contribution in [0.25, 0.3) is 0 Å². The first-order chi connectivity index (χ1) is 16.5. The first kappa shape index (κ1) is 24.1. The van der Waals surface area contributed by atoms with Gasteiger partial charge in [-0.25, -0.2) is 0 Å². The lowest BCUT2D eigenvalue weighted by Crippen LogP contribution is -2.32. The number of ether oxygens (including phenoxy) is 2. The molecule has 2 unspecified atom stereocenters. The van der Waals surface area contributed by atoms with Gasteiger partial charge in [-0.3, -0.25) is 0 Å². The minimum Gasteiger partial charge on any atom is -0.496 e. The van der Waals surface area contributed by atoms with E-state index in [2.05, 4.69) is 0 Å². The van der Waals surface area contributed by atoms with E-state index in [0.717, 1.165) is 0 Å². The SMILES string of the molecule is COc1ccccc1P(=O)(c1ccccc1)C(C)P(=O)(c1ccccc1)c1ccccc1OC. The largest absolute Gasteiger partial charge is 0.496 e. The molecule has 0 aliphatic carbocycles. The molecule has 0 fully saturated rings. The molecular formula is C28H28O4P2. The van der Waals surface area contributed by atoms with Gasteiger partial charge in [-0.05, 0) is 31.2 Å². The Bertz CT molecular complexity index is 1250. The molecule has 0 radical (unpaired) electrons. The van der Waals surface area contributed by atoms with Gasteiger partial charge in [-0.1, -0.05) is 84.9 Å². The highest BCUT2D eigenvalue weighted by atomic mass is 31.2. The molecule has 4 aromatic rings. The lowest BCUT2D eigenvalue weighted by molar-refractivity contribution is 0.417. The fourth-order valence-electron chi connectivity index (χ4n) is 4.45. The minimum atomic E-state index is -3.50. The van der Waals surface area contributed by atoms with Gasteiger partial charge in [-0.15, -0.1) is 0 Å². The monoisotopic (exact) mass is 490 g/mol. The van der Waals surface area contributed by atoms with E-state index < -0.39 is 19.7 Å². The molecule has 0 spiro atoms. The van der Waals surface area contributed by atoms with Gasteiger partial charge in [0.15, 0.2) is 14.3 Å². The summed E-state index contributed by atoms with van der Waals surface area (Å²) in [7, 11) is -3.86. The third-order valence-electron chi connectivity index (χ3n) is 6.22. The Morgan fingerprint density at radius 1 is 0.529 bits per heavy atom. The van der Waals surface area contributed by atoms with E-state index in [1.54, 1.807) is 26.4 Å². The molecule has 0 N–H and O–H groups in total. The number of para-hydroxylation sites is 2. The van der Waals surface area contributed by atoms with Crippen LogP contribution in [0.1, 0.15) is 6.92 Å². The van der Waals surface area contributed by atoms with Crippen molar-refractivity contribution in [2.75, 3.05) is 14.2 Å². The van der Waals surface area contributed by atoms with Crippen molar-refractivity contribution in [2.24, 2.45) is 0 Å². The average molecular weight is 490 g/mol. The van der Waals surface area contributed by atoms with Crippen LogP contribution in [-0.4, -0.2) is 19.6 Å². The molecule has 2 atom stereocenters. The van der Waals surface area contributed by atoms with Gasteiger partial charge in [0.25, 0.3) is 0 Å². The van der Waals surface area contributed by atoms with Crippen LogP contribution in [0.5, 0.6) is 11.5 Å². The first-order valence-corrected chi connectivity index (χ1v) is 14.6. The molecule has 4 aromatic carbocycles. The molecule has 0 saturated carbocycles. The topological polar surface area (TPSA) is 52.6 Å². The van der Waals surface area contributed by atoms with Crippen LogP contribution >= 0.6 is 14.3 Å². The van der Waals surface area contributed by atoms with E-state index in [4.69, 9.17) is 9.47 Å². The Morgan fingerprint density at radius 2 is 0.853 bits per heavy atom. The number of rotatable bonds is 8. The van der Waals surface area contributed by atoms with Crippen molar-refractivity contribution in [3.8, 4) is 11.5 Å². The predicted octanol–water partition coefficient (Wildman–Crippen LogP) is 5.38. The lowest BCUT2D eigenvalue weighted by Gasteiger charge is -2.34. The molecule has 0 heterocycles. The quantitative estimate of drug-likeness (QED) is 0.312. The summed E-state index contributed by atoms with van der Waals surface area (Å²) in [5.74, 6) is 1.03. The Kier molecular flexibility index (Phi) is 7.12. The molecule has 174 valence electrons. The zero-order valence-corrected chi connectivity index (χ0v) is 21.3. The maximum Gasteiger partial charge on any atom is 0.157 e. The number of benzene rings is 4. The summed E-state index contributed by atoms with van der Waals surface area (Å²) in [5.41, 5.74) is 0. The van der Waals surface area contributed by atoms with Crippen molar-refractivity contribution in [1.82, 2.24) is 0 Å². The third-order valence-corrected chi connectivity index (χ3v) is 14.6. The number of hydrogen-bond acceptors (Lipinski definition) is 4. The molecule has 0 amide bonds. The zero-order chi connectivity index (χ0) is 24.2. The molecule has 0 saturated heterocycles. The second-order valence-electron chi connectivity index (χ2n) is 7.96. The summed E-state index contributed by atoms with van der Waals surface area (Å²) in [6.45, 7) is 1.83. The van der Waals surface area contributed by atoms with E-state index >= 15 is 9.13 Å². The van der Waals surface area contributed by atoms with E-state index in [9.17, 15) is 0 Å². The third kappa shape index (κ3) is 4.02. The predicted molar refractivity (Wildman–Crippen MR) is 142 cm³/mol. The summed E-state index contributed by atoms with van der Waals surface area (Å²) in [5, 5.41) is 1.62. The van der Waals surface area contributed by atoms with Gasteiger partial charge in [0.05, 0.1) is 30.2 Å². The highest BCUT2D eigenvalue weighted by molar-refractivity contribution is 7.95. The Labute approximate surface area is 201 Å². The molecule has 0 bridgehead atoms. The fraction of sp³-hybridized carbons (Fsp3) is 0.143. The fourth-order valence-corrected chi connectivity index (χ4v) is 12.9. The summed E-state index contributed by atoms with van der Waals surface area (Å²) in [6, 6.07) is 33.2. The molecular weight excluding hydrogens is 462 g/mol. The van der Waals surface area contributed by atoms with Crippen molar-refractivity contribution in [1.29, 1.82) is 0 Å². The van der Waals surface area contributed by atoms with Crippen LogP contribution in [0, 0.1) is 0 Å². The summed E-state index contributed by atoms with van der Waals surface area (Å²) in [6.07, 6.45) is 0. The molecule has 0 aliphatic heterocycles. The summed E-state index contributed by atoms with van der Waals surface area (Å²) >= 11 is 0. The average Bonchev–Trinajstić information content (AvgIpc) is 2.92. The van der Waals surface area contributed by atoms with Crippen molar-refractivity contribution in [2.45, 2.75) is 12.3 Å². The molecule has 34 heavy (non-hydrogen) atoms. The Hall–Kier alpha value is -3.06. The molecule has 4 nitrogen and oxygen atoms in total. The number of methoxy groups -OCH3 is 2.